The smallest absolute Gasteiger partial charge is 0.0897 e. The summed E-state index contributed by atoms with van der Waals surface area (Å²) in [6, 6.07) is 0.525. The summed E-state index contributed by atoms with van der Waals surface area (Å²) in [5, 5.41) is 7.83. The Balaban J connectivity index is 1.81. The Kier molecular flexibility index (Phi) is 4.59. The van der Waals surface area contributed by atoms with Crippen LogP contribution < -0.4 is 5.32 Å². The van der Waals surface area contributed by atoms with Crippen molar-refractivity contribution in [2.75, 3.05) is 13.2 Å². The van der Waals surface area contributed by atoms with Crippen LogP contribution in [0.1, 0.15) is 30.7 Å². The highest BCUT2D eigenvalue weighted by Crippen LogP contribution is 2.21. The van der Waals surface area contributed by atoms with Gasteiger partial charge in [0.1, 0.15) is 0 Å². The zero-order valence-electron chi connectivity index (χ0n) is 10.5. The summed E-state index contributed by atoms with van der Waals surface area (Å²) in [6.45, 7) is 4.53. The first kappa shape index (κ1) is 13.1. The van der Waals surface area contributed by atoms with Gasteiger partial charge in [0.05, 0.1) is 29.1 Å². The molecule has 2 rings (SSSR count). The van der Waals surface area contributed by atoms with Crippen LogP contribution in [0.4, 0.5) is 0 Å². The van der Waals surface area contributed by atoms with Crippen LogP contribution >= 0.6 is 15.9 Å². The molecule has 0 amide bonds. The quantitative estimate of drug-likeness (QED) is 0.926. The van der Waals surface area contributed by atoms with Crippen LogP contribution in [0.2, 0.25) is 0 Å². The molecule has 17 heavy (non-hydrogen) atoms. The molecule has 1 unspecified atom stereocenters. The van der Waals surface area contributed by atoms with Crippen LogP contribution in [0.15, 0.2) is 4.47 Å². The van der Waals surface area contributed by atoms with E-state index in [2.05, 4.69) is 26.3 Å². The zero-order valence-corrected chi connectivity index (χ0v) is 12.1. The van der Waals surface area contributed by atoms with E-state index in [1.807, 2.05) is 18.7 Å². The topological polar surface area (TPSA) is 39.1 Å². The summed E-state index contributed by atoms with van der Waals surface area (Å²) in [6.07, 6.45) is 3.84. The Morgan fingerprint density at radius 2 is 2.35 bits per heavy atom. The van der Waals surface area contributed by atoms with Gasteiger partial charge in [-0.2, -0.15) is 5.10 Å². The van der Waals surface area contributed by atoms with Gasteiger partial charge in [-0.15, -0.1) is 0 Å². The predicted octanol–water partition coefficient (Wildman–Crippen LogP) is 2.15. The lowest BCUT2D eigenvalue weighted by Crippen LogP contribution is -2.37. The lowest BCUT2D eigenvalue weighted by molar-refractivity contribution is 0.0867. The van der Waals surface area contributed by atoms with E-state index in [0.29, 0.717) is 12.6 Å². The Bertz CT molecular complexity index is 372. The number of piperidine rings is 1. The molecular formula is C12H20BrN3O. The highest BCUT2D eigenvalue weighted by Gasteiger charge is 2.14. The van der Waals surface area contributed by atoms with Crippen LogP contribution in [0.5, 0.6) is 0 Å². The van der Waals surface area contributed by atoms with Crippen LogP contribution in [0.3, 0.4) is 0 Å². The van der Waals surface area contributed by atoms with Gasteiger partial charge in [-0.25, -0.2) is 0 Å². The molecule has 0 aromatic carbocycles. The summed E-state index contributed by atoms with van der Waals surface area (Å²) in [5.74, 6) is 0. The monoisotopic (exact) mass is 301 g/mol. The van der Waals surface area contributed by atoms with E-state index in [9.17, 15) is 0 Å². The third-order valence-corrected chi connectivity index (χ3v) is 4.26. The fourth-order valence-corrected chi connectivity index (χ4v) is 2.65. The van der Waals surface area contributed by atoms with E-state index in [0.717, 1.165) is 29.0 Å². The number of aromatic nitrogens is 2. The molecule has 0 spiro atoms. The average Bonchev–Trinajstić information content (AvgIpc) is 2.57. The lowest BCUT2D eigenvalue weighted by Gasteiger charge is -2.23. The van der Waals surface area contributed by atoms with Crippen molar-refractivity contribution < 1.29 is 4.74 Å². The van der Waals surface area contributed by atoms with Gasteiger partial charge in [-0.3, -0.25) is 4.68 Å². The number of ether oxygens (including phenoxy) is 1. The van der Waals surface area contributed by atoms with Crippen LogP contribution in [-0.2, 0) is 18.4 Å². The number of aryl methyl sites for hydroxylation is 2. The zero-order chi connectivity index (χ0) is 12.3. The number of nitrogens with one attached hydrogen (secondary N) is 1. The van der Waals surface area contributed by atoms with Crippen LogP contribution in [0.25, 0.3) is 0 Å². The molecular weight excluding hydrogens is 282 g/mol. The van der Waals surface area contributed by atoms with Gasteiger partial charge in [0.2, 0.25) is 0 Å². The molecule has 1 N–H and O–H groups in total. The van der Waals surface area contributed by atoms with Crippen LogP contribution in [-0.4, -0.2) is 29.0 Å². The molecule has 1 aliphatic heterocycles. The first-order chi connectivity index (χ1) is 8.18. The molecule has 0 saturated carbocycles. The molecule has 1 aromatic rings. The highest BCUT2D eigenvalue weighted by molar-refractivity contribution is 9.10. The molecule has 4 nitrogen and oxygen atoms in total. The minimum Gasteiger partial charge on any atom is -0.374 e. The highest BCUT2D eigenvalue weighted by atomic mass is 79.9. The van der Waals surface area contributed by atoms with E-state index in [-0.39, 0.29) is 0 Å². The summed E-state index contributed by atoms with van der Waals surface area (Å²) in [5.41, 5.74) is 2.13. The minimum absolute atomic E-state index is 0.525. The van der Waals surface area contributed by atoms with Gasteiger partial charge >= 0.3 is 0 Å². The van der Waals surface area contributed by atoms with E-state index in [1.165, 1.54) is 19.3 Å². The number of nitrogens with zero attached hydrogens (tertiary/aromatic N) is 2. The van der Waals surface area contributed by atoms with E-state index >= 15 is 0 Å². The van der Waals surface area contributed by atoms with Crippen molar-refractivity contribution in [2.24, 2.45) is 7.05 Å². The summed E-state index contributed by atoms with van der Waals surface area (Å²) in [7, 11) is 1.95. The molecule has 1 saturated heterocycles. The van der Waals surface area contributed by atoms with Gasteiger partial charge in [0.15, 0.2) is 0 Å². The second-order valence-corrected chi connectivity index (χ2v) is 5.42. The standard InChI is InChI=1S/C12H20BrN3O/c1-9-12(13)11(16(2)15-9)8-17-7-10-5-3-4-6-14-10/h10,14H,3-8H2,1-2H3. The van der Waals surface area contributed by atoms with Gasteiger partial charge in [0, 0.05) is 13.1 Å². The first-order valence-corrected chi connectivity index (χ1v) is 6.97. The fourth-order valence-electron chi connectivity index (χ4n) is 2.20. The number of hydrogen-bond acceptors (Lipinski definition) is 3. The van der Waals surface area contributed by atoms with Crippen molar-refractivity contribution >= 4 is 15.9 Å². The predicted molar refractivity (Wildman–Crippen MR) is 70.9 cm³/mol. The first-order valence-electron chi connectivity index (χ1n) is 6.17. The Labute approximate surface area is 111 Å². The molecule has 1 aliphatic rings. The number of hydrogen-bond donors (Lipinski definition) is 1. The van der Waals surface area contributed by atoms with Gasteiger partial charge in [-0.1, -0.05) is 6.42 Å². The average molecular weight is 302 g/mol. The number of rotatable bonds is 4. The summed E-state index contributed by atoms with van der Waals surface area (Å²) < 4.78 is 8.73. The van der Waals surface area contributed by atoms with Gasteiger partial charge < -0.3 is 10.1 Å². The van der Waals surface area contributed by atoms with Crippen LogP contribution in [0, 0.1) is 6.92 Å². The molecule has 96 valence electrons. The maximum absolute atomic E-state index is 5.78. The van der Waals surface area contributed by atoms with Gasteiger partial charge in [0.25, 0.3) is 0 Å². The minimum atomic E-state index is 0.525. The van der Waals surface area contributed by atoms with Crippen molar-refractivity contribution in [1.82, 2.24) is 15.1 Å². The van der Waals surface area contributed by atoms with E-state index in [4.69, 9.17) is 4.74 Å². The maximum atomic E-state index is 5.78. The van der Waals surface area contributed by atoms with E-state index in [1.54, 1.807) is 0 Å². The molecule has 0 bridgehead atoms. The molecule has 1 atom stereocenters. The van der Waals surface area contributed by atoms with E-state index < -0.39 is 0 Å². The largest absolute Gasteiger partial charge is 0.374 e. The Morgan fingerprint density at radius 1 is 1.53 bits per heavy atom. The third-order valence-electron chi connectivity index (χ3n) is 3.23. The Hall–Kier alpha value is -0.390. The lowest BCUT2D eigenvalue weighted by atomic mass is 10.1. The Morgan fingerprint density at radius 3 is 2.94 bits per heavy atom. The summed E-state index contributed by atoms with van der Waals surface area (Å²) in [4.78, 5) is 0. The fraction of sp³-hybridized carbons (Fsp3) is 0.750. The maximum Gasteiger partial charge on any atom is 0.0897 e. The molecule has 1 fully saturated rings. The number of halogens is 1. The SMILES string of the molecule is Cc1nn(C)c(COCC2CCCCN2)c1Br. The van der Waals surface area contributed by atoms with Crippen molar-refractivity contribution in [1.29, 1.82) is 0 Å². The summed E-state index contributed by atoms with van der Waals surface area (Å²) >= 11 is 3.55. The van der Waals surface area contributed by atoms with Crippen molar-refractivity contribution in [2.45, 2.75) is 38.8 Å². The van der Waals surface area contributed by atoms with Crippen molar-refractivity contribution in [3.05, 3.63) is 15.9 Å². The van der Waals surface area contributed by atoms with Crippen molar-refractivity contribution in [3.8, 4) is 0 Å². The molecule has 0 aliphatic carbocycles. The van der Waals surface area contributed by atoms with Gasteiger partial charge in [-0.05, 0) is 42.2 Å². The third kappa shape index (κ3) is 3.30. The van der Waals surface area contributed by atoms with Crippen molar-refractivity contribution in [3.63, 3.8) is 0 Å². The second-order valence-electron chi connectivity index (χ2n) is 4.63. The second kappa shape index (κ2) is 5.98. The molecule has 1 aromatic heterocycles. The molecule has 2 heterocycles. The molecule has 5 heteroatoms. The normalized spacial score (nSPS) is 20.8. The molecule has 0 radical (unpaired) electrons.